The van der Waals surface area contributed by atoms with E-state index in [0.717, 1.165) is 5.56 Å². The minimum Gasteiger partial charge on any atom is -0.482 e. The lowest BCUT2D eigenvalue weighted by molar-refractivity contribution is -0.386. The van der Waals surface area contributed by atoms with E-state index in [9.17, 15) is 14.9 Å². The van der Waals surface area contributed by atoms with Crippen LogP contribution in [0.15, 0.2) is 18.2 Å². The first-order chi connectivity index (χ1) is 9.44. The summed E-state index contributed by atoms with van der Waals surface area (Å²) in [5.74, 6) is 0.460. The largest absolute Gasteiger partial charge is 0.482 e. The lowest BCUT2D eigenvalue weighted by atomic mass is 9.61. The molecule has 0 saturated heterocycles. The van der Waals surface area contributed by atoms with Gasteiger partial charge in [0.25, 0.3) is 0 Å². The smallest absolute Gasteiger partial charge is 0.310 e. The van der Waals surface area contributed by atoms with Crippen LogP contribution in [-0.2, 0) is 4.79 Å². The van der Waals surface area contributed by atoms with Gasteiger partial charge in [0.05, 0.1) is 10.3 Å². The van der Waals surface area contributed by atoms with E-state index in [1.54, 1.807) is 12.1 Å². The van der Waals surface area contributed by atoms with Gasteiger partial charge in [-0.05, 0) is 31.4 Å². The third kappa shape index (κ3) is 2.17. The average Bonchev–Trinajstić information content (AvgIpc) is 2.39. The Kier molecular flexibility index (Phi) is 3.79. The molecule has 1 unspecified atom stereocenters. The minimum absolute atomic E-state index is 0.0453. The van der Waals surface area contributed by atoms with Crippen LogP contribution in [0, 0.1) is 22.5 Å². The summed E-state index contributed by atoms with van der Waals surface area (Å²) in [5, 5.41) is 11.0. The van der Waals surface area contributed by atoms with Gasteiger partial charge in [-0.15, -0.1) is 0 Å². The Bertz CT molecular complexity index is 549. The maximum absolute atomic E-state index is 11.9. The summed E-state index contributed by atoms with van der Waals surface area (Å²) in [5.41, 5.74) is 0.378. The molecule has 2 rings (SSSR count). The van der Waals surface area contributed by atoms with Crippen LogP contribution in [0.4, 0.5) is 5.69 Å². The molecule has 0 spiro atoms. The Morgan fingerprint density at radius 2 is 2.05 bits per heavy atom. The van der Waals surface area contributed by atoms with Crippen molar-refractivity contribution in [1.82, 2.24) is 0 Å². The molecule has 1 aromatic rings. The number of carbonyl (C=O) groups excluding carboxylic acids is 1. The Hall–Kier alpha value is -1.91. The molecule has 5 nitrogen and oxygen atoms in total. The number of hydrogen-bond acceptors (Lipinski definition) is 4. The summed E-state index contributed by atoms with van der Waals surface area (Å²) in [6.45, 7) is 5.78. The molecule has 1 aliphatic carbocycles. The summed E-state index contributed by atoms with van der Waals surface area (Å²) in [7, 11) is 0. The monoisotopic (exact) mass is 277 g/mol. The maximum atomic E-state index is 11.9. The molecule has 1 atom stereocenters. The number of nitro benzene ring substituents is 1. The van der Waals surface area contributed by atoms with E-state index in [1.165, 1.54) is 6.07 Å². The van der Waals surface area contributed by atoms with Crippen molar-refractivity contribution < 1.29 is 14.5 Å². The summed E-state index contributed by atoms with van der Waals surface area (Å²) in [6.07, 6.45) is 1.48. The van der Waals surface area contributed by atoms with Gasteiger partial charge in [-0.25, -0.2) is 0 Å². The van der Waals surface area contributed by atoms with Gasteiger partial charge in [-0.2, -0.15) is 0 Å². The fourth-order valence-electron chi connectivity index (χ4n) is 2.89. The predicted octanol–water partition coefficient (Wildman–Crippen LogP) is 3.43. The number of ketones is 1. The SMILES string of the molecule is CCC1(CC)C(=O)CC1Oc1cc(C)ccc1[N+](=O)[O-]. The lowest BCUT2D eigenvalue weighted by Gasteiger charge is -2.46. The minimum atomic E-state index is -0.475. The van der Waals surface area contributed by atoms with Gasteiger partial charge in [0.15, 0.2) is 5.75 Å². The molecule has 0 aliphatic heterocycles. The third-order valence-corrected chi connectivity index (χ3v) is 4.39. The van der Waals surface area contributed by atoms with Crippen molar-refractivity contribution >= 4 is 11.5 Å². The summed E-state index contributed by atoms with van der Waals surface area (Å²) in [6, 6.07) is 4.80. The van der Waals surface area contributed by atoms with Crippen LogP contribution in [0.2, 0.25) is 0 Å². The number of nitro groups is 1. The molecule has 0 radical (unpaired) electrons. The second-order valence-electron chi connectivity index (χ2n) is 5.33. The number of hydrogen-bond donors (Lipinski definition) is 0. The molecule has 20 heavy (non-hydrogen) atoms. The highest BCUT2D eigenvalue weighted by Crippen LogP contribution is 2.46. The number of carbonyl (C=O) groups is 1. The van der Waals surface area contributed by atoms with Gasteiger partial charge in [-0.3, -0.25) is 14.9 Å². The Morgan fingerprint density at radius 3 is 2.55 bits per heavy atom. The zero-order valence-corrected chi connectivity index (χ0v) is 12.0. The van der Waals surface area contributed by atoms with Crippen LogP contribution in [-0.4, -0.2) is 16.8 Å². The van der Waals surface area contributed by atoms with Crippen molar-refractivity contribution in [2.24, 2.45) is 5.41 Å². The van der Waals surface area contributed by atoms with Crippen molar-refractivity contribution in [3.05, 3.63) is 33.9 Å². The van der Waals surface area contributed by atoms with Crippen LogP contribution < -0.4 is 4.74 Å². The van der Waals surface area contributed by atoms with Crippen LogP contribution in [0.3, 0.4) is 0 Å². The maximum Gasteiger partial charge on any atom is 0.310 e. The van der Waals surface area contributed by atoms with Crippen molar-refractivity contribution in [1.29, 1.82) is 0 Å². The molecule has 1 saturated carbocycles. The van der Waals surface area contributed by atoms with E-state index in [-0.39, 0.29) is 23.3 Å². The highest BCUT2D eigenvalue weighted by molar-refractivity contribution is 5.92. The Morgan fingerprint density at radius 1 is 1.40 bits per heavy atom. The van der Waals surface area contributed by atoms with Gasteiger partial charge >= 0.3 is 5.69 Å². The average molecular weight is 277 g/mol. The van der Waals surface area contributed by atoms with E-state index in [0.29, 0.717) is 19.3 Å². The molecule has 0 aromatic heterocycles. The van der Waals surface area contributed by atoms with E-state index in [4.69, 9.17) is 4.74 Å². The molecule has 0 heterocycles. The van der Waals surface area contributed by atoms with Crippen LogP contribution in [0.25, 0.3) is 0 Å². The number of benzene rings is 1. The number of ether oxygens (including phenoxy) is 1. The summed E-state index contributed by atoms with van der Waals surface area (Å²) in [4.78, 5) is 22.5. The number of Topliss-reactive ketones (excluding diaryl/α,β-unsaturated/α-hetero) is 1. The molecule has 1 aliphatic rings. The zero-order chi connectivity index (χ0) is 14.9. The molecule has 0 N–H and O–H groups in total. The van der Waals surface area contributed by atoms with Crippen LogP contribution >= 0.6 is 0 Å². The quantitative estimate of drug-likeness (QED) is 0.610. The first-order valence-electron chi connectivity index (χ1n) is 6.89. The highest BCUT2D eigenvalue weighted by atomic mass is 16.6. The number of nitrogens with zero attached hydrogens (tertiary/aromatic N) is 1. The molecule has 0 amide bonds. The van der Waals surface area contributed by atoms with Gasteiger partial charge in [0, 0.05) is 12.5 Å². The zero-order valence-electron chi connectivity index (χ0n) is 12.0. The van der Waals surface area contributed by atoms with Crippen molar-refractivity contribution in [3.8, 4) is 5.75 Å². The Labute approximate surface area is 118 Å². The van der Waals surface area contributed by atoms with Gasteiger partial charge in [-0.1, -0.05) is 19.9 Å². The summed E-state index contributed by atoms with van der Waals surface area (Å²) < 4.78 is 5.83. The van der Waals surface area contributed by atoms with Gasteiger partial charge in [0.2, 0.25) is 0 Å². The molecule has 0 bridgehead atoms. The lowest BCUT2D eigenvalue weighted by Crippen LogP contribution is -2.56. The van der Waals surface area contributed by atoms with Gasteiger partial charge in [0.1, 0.15) is 11.9 Å². The second kappa shape index (κ2) is 5.23. The topological polar surface area (TPSA) is 69.4 Å². The molecule has 5 heteroatoms. The third-order valence-electron chi connectivity index (χ3n) is 4.39. The van der Waals surface area contributed by atoms with Crippen molar-refractivity contribution in [3.63, 3.8) is 0 Å². The highest BCUT2D eigenvalue weighted by Gasteiger charge is 2.54. The fraction of sp³-hybridized carbons (Fsp3) is 0.533. The van der Waals surface area contributed by atoms with Crippen molar-refractivity contribution in [2.75, 3.05) is 0 Å². The summed E-state index contributed by atoms with van der Waals surface area (Å²) >= 11 is 0. The van der Waals surface area contributed by atoms with E-state index in [2.05, 4.69) is 0 Å². The molecular formula is C15H19NO4. The van der Waals surface area contributed by atoms with Gasteiger partial charge < -0.3 is 4.74 Å². The molecular weight excluding hydrogens is 258 g/mol. The molecule has 108 valence electrons. The first kappa shape index (κ1) is 14.5. The van der Waals surface area contributed by atoms with Crippen LogP contribution in [0.5, 0.6) is 5.75 Å². The molecule has 1 aromatic carbocycles. The van der Waals surface area contributed by atoms with Crippen LogP contribution in [0.1, 0.15) is 38.7 Å². The number of aryl methyl sites for hydroxylation is 1. The van der Waals surface area contributed by atoms with E-state index < -0.39 is 10.3 Å². The first-order valence-corrected chi connectivity index (χ1v) is 6.89. The normalized spacial score (nSPS) is 20.4. The second-order valence-corrected chi connectivity index (χ2v) is 5.33. The van der Waals surface area contributed by atoms with Crippen molar-refractivity contribution in [2.45, 2.75) is 46.1 Å². The molecule has 1 fully saturated rings. The fourth-order valence-corrected chi connectivity index (χ4v) is 2.89. The van der Waals surface area contributed by atoms with E-state index >= 15 is 0 Å². The predicted molar refractivity (Wildman–Crippen MR) is 74.9 cm³/mol. The van der Waals surface area contributed by atoms with E-state index in [1.807, 2.05) is 20.8 Å². The standard InChI is InChI=1S/C15H19NO4/c1-4-15(5-2)13(17)9-14(15)20-12-8-10(3)6-7-11(12)16(18)19/h6-8,14H,4-5,9H2,1-3H3. The Balaban J connectivity index is 2.29. The number of rotatable bonds is 5.